The fourth-order valence-corrected chi connectivity index (χ4v) is 3.23. The average Bonchev–Trinajstić information content (AvgIpc) is 2.77. The van der Waals surface area contributed by atoms with Gasteiger partial charge in [0, 0.05) is 6.54 Å². The third-order valence-electron chi connectivity index (χ3n) is 4.85. The first kappa shape index (κ1) is 21.1. The fourth-order valence-electron chi connectivity index (χ4n) is 3.23. The SMILES string of the molecule is COC(=O)c1ccc(CCCCc2c(NCc3ccccc3)nc(N)[nH]c2=O)cc1. The lowest BCUT2D eigenvalue weighted by molar-refractivity contribution is 0.0600. The summed E-state index contributed by atoms with van der Waals surface area (Å²) in [5.74, 6) is 0.291. The van der Waals surface area contributed by atoms with E-state index in [4.69, 9.17) is 10.5 Å². The first-order valence-corrected chi connectivity index (χ1v) is 9.90. The Morgan fingerprint density at radius 2 is 1.73 bits per heavy atom. The molecule has 3 rings (SSSR count). The van der Waals surface area contributed by atoms with Crippen LogP contribution in [0.5, 0.6) is 0 Å². The zero-order chi connectivity index (χ0) is 21.3. The second-order valence-corrected chi connectivity index (χ2v) is 7.01. The smallest absolute Gasteiger partial charge is 0.337 e. The van der Waals surface area contributed by atoms with Gasteiger partial charge in [-0.05, 0) is 48.9 Å². The molecule has 0 amide bonds. The predicted molar refractivity (Wildman–Crippen MR) is 117 cm³/mol. The number of aromatic amines is 1. The molecule has 0 bridgehead atoms. The molecule has 0 unspecified atom stereocenters. The van der Waals surface area contributed by atoms with Crippen molar-refractivity contribution < 1.29 is 9.53 Å². The van der Waals surface area contributed by atoms with E-state index < -0.39 is 0 Å². The molecule has 7 heteroatoms. The van der Waals surface area contributed by atoms with Gasteiger partial charge in [0.25, 0.3) is 5.56 Å². The van der Waals surface area contributed by atoms with Crippen LogP contribution >= 0.6 is 0 Å². The van der Waals surface area contributed by atoms with Crippen molar-refractivity contribution in [3.63, 3.8) is 0 Å². The summed E-state index contributed by atoms with van der Waals surface area (Å²) in [7, 11) is 1.37. The van der Waals surface area contributed by atoms with Crippen molar-refractivity contribution in [1.29, 1.82) is 0 Å². The monoisotopic (exact) mass is 406 g/mol. The van der Waals surface area contributed by atoms with Gasteiger partial charge in [-0.3, -0.25) is 9.78 Å². The van der Waals surface area contributed by atoms with Crippen LogP contribution in [0.2, 0.25) is 0 Å². The number of benzene rings is 2. The molecule has 156 valence electrons. The minimum atomic E-state index is -0.341. The molecular formula is C23H26N4O3. The number of nitrogen functional groups attached to an aromatic ring is 1. The number of H-pyrrole nitrogens is 1. The number of nitrogens with zero attached hydrogens (tertiary/aromatic N) is 1. The normalized spacial score (nSPS) is 10.6. The van der Waals surface area contributed by atoms with Crippen LogP contribution in [-0.2, 0) is 24.1 Å². The largest absolute Gasteiger partial charge is 0.465 e. The molecule has 30 heavy (non-hydrogen) atoms. The van der Waals surface area contributed by atoms with Crippen LogP contribution in [0.15, 0.2) is 59.4 Å². The molecule has 3 aromatic rings. The van der Waals surface area contributed by atoms with Crippen LogP contribution in [0.1, 0.15) is 39.9 Å². The van der Waals surface area contributed by atoms with Gasteiger partial charge >= 0.3 is 5.97 Å². The maximum Gasteiger partial charge on any atom is 0.337 e. The average molecular weight is 406 g/mol. The Kier molecular flexibility index (Phi) is 7.21. The van der Waals surface area contributed by atoms with Crippen LogP contribution in [-0.4, -0.2) is 23.0 Å². The van der Waals surface area contributed by atoms with E-state index in [1.807, 2.05) is 42.5 Å². The number of esters is 1. The molecule has 0 aliphatic carbocycles. The van der Waals surface area contributed by atoms with Crippen molar-refractivity contribution in [3.8, 4) is 0 Å². The first-order chi connectivity index (χ1) is 14.6. The van der Waals surface area contributed by atoms with Crippen molar-refractivity contribution in [3.05, 3.63) is 87.2 Å². The Hall–Kier alpha value is -3.61. The number of nitrogens with one attached hydrogen (secondary N) is 2. The van der Waals surface area contributed by atoms with Crippen LogP contribution in [0.4, 0.5) is 11.8 Å². The van der Waals surface area contributed by atoms with Gasteiger partial charge in [-0.1, -0.05) is 42.5 Å². The summed E-state index contributed by atoms with van der Waals surface area (Å²) in [5, 5.41) is 3.24. The number of rotatable bonds is 9. The molecule has 0 aliphatic rings. The van der Waals surface area contributed by atoms with Gasteiger partial charge in [0.15, 0.2) is 0 Å². The number of carbonyl (C=O) groups excluding carboxylic acids is 1. The highest BCUT2D eigenvalue weighted by Gasteiger charge is 2.11. The molecule has 0 radical (unpaired) electrons. The van der Waals surface area contributed by atoms with Crippen molar-refractivity contribution in [2.45, 2.75) is 32.2 Å². The fraction of sp³-hybridized carbons (Fsp3) is 0.261. The van der Waals surface area contributed by atoms with E-state index in [-0.39, 0.29) is 17.5 Å². The number of nitrogens with two attached hydrogens (primary N) is 1. The molecule has 1 aromatic heterocycles. The number of unbranched alkanes of at least 4 members (excludes halogenated alkanes) is 1. The van der Waals surface area contributed by atoms with Crippen LogP contribution in [0.25, 0.3) is 0 Å². The quantitative estimate of drug-likeness (QED) is 0.371. The zero-order valence-corrected chi connectivity index (χ0v) is 17.0. The van der Waals surface area contributed by atoms with Crippen molar-refractivity contribution >= 4 is 17.7 Å². The summed E-state index contributed by atoms with van der Waals surface area (Å²) in [4.78, 5) is 30.8. The second kappa shape index (κ2) is 10.2. The van der Waals surface area contributed by atoms with Gasteiger partial charge in [-0.25, -0.2) is 4.79 Å². The maximum atomic E-state index is 12.4. The summed E-state index contributed by atoms with van der Waals surface area (Å²) in [6.45, 7) is 0.566. The number of anilines is 2. The summed E-state index contributed by atoms with van der Waals surface area (Å²) < 4.78 is 4.71. The van der Waals surface area contributed by atoms with Crippen LogP contribution in [0, 0.1) is 0 Å². The van der Waals surface area contributed by atoms with Gasteiger partial charge < -0.3 is 15.8 Å². The summed E-state index contributed by atoms with van der Waals surface area (Å²) in [5.41, 5.74) is 8.90. The van der Waals surface area contributed by atoms with E-state index in [1.165, 1.54) is 7.11 Å². The molecule has 4 N–H and O–H groups in total. The number of methoxy groups -OCH3 is 1. The van der Waals surface area contributed by atoms with E-state index in [2.05, 4.69) is 15.3 Å². The number of hydrogen-bond acceptors (Lipinski definition) is 6. The van der Waals surface area contributed by atoms with Crippen molar-refractivity contribution in [2.75, 3.05) is 18.2 Å². The van der Waals surface area contributed by atoms with Crippen LogP contribution in [0.3, 0.4) is 0 Å². The topological polar surface area (TPSA) is 110 Å². The van der Waals surface area contributed by atoms with Gasteiger partial charge in [-0.2, -0.15) is 4.98 Å². The molecule has 1 heterocycles. The lowest BCUT2D eigenvalue weighted by Gasteiger charge is -2.11. The van der Waals surface area contributed by atoms with Gasteiger partial charge in [0.1, 0.15) is 5.82 Å². The molecule has 0 saturated heterocycles. The highest BCUT2D eigenvalue weighted by molar-refractivity contribution is 5.89. The molecular weight excluding hydrogens is 380 g/mol. The minimum Gasteiger partial charge on any atom is -0.465 e. The zero-order valence-electron chi connectivity index (χ0n) is 17.0. The predicted octanol–water partition coefficient (Wildman–Crippen LogP) is 3.32. The highest BCUT2D eigenvalue weighted by atomic mass is 16.5. The Morgan fingerprint density at radius 1 is 1.03 bits per heavy atom. The molecule has 0 saturated carbocycles. The second-order valence-electron chi connectivity index (χ2n) is 7.01. The number of ether oxygens (including phenoxy) is 1. The standard InChI is InChI=1S/C23H26N4O3/c1-30-22(29)18-13-11-16(12-14-18)7-5-6-10-19-20(26-23(24)27-21(19)28)25-15-17-8-3-2-4-9-17/h2-4,8-9,11-14H,5-7,10,15H2,1H3,(H4,24,25,26,27,28). The summed E-state index contributed by atoms with van der Waals surface area (Å²) >= 11 is 0. The van der Waals surface area contributed by atoms with Crippen LogP contribution < -0.4 is 16.6 Å². The summed E-state index contributed by atoms with van der Waals surface area (Å²) in [6, 6.07) is 17.3. The van der Waals surface area contributed by atoms with E-state index in [1.54, 1.807) is 12.1 Å². The Morgan fingerprint density at radius 3 is 2.43 bits per heavy atom. The number of carbonyl (C=O) groups is 1. The molecule has 7 nitrogen and oxygen atoms in total. The number of aryl methyl sites for hydroxylation is 1. The van der Waals surface area contributed by atoms with E-state index in [9.17, 15) is 9.59 Å². The van der Waals surface area contributed by atoms with Gasteiger partial charge in [0.05, 0.1) is 18.2 Å². The molecule has 0 spiro atoms. The van der Waals surface area contributed by atoms with E-state index in [0.717, 1.165) is 30.4 Å². The van der Waals surface area contributed by atoms with Crippen molar-refractivity contribution in [1.82, 2.24) is 9.97 Å². The molecule has 2 aromatic carbocycles. The first-order valence-electron chi connectivity index (χ1n) is 9.90. The lowest BCUT2D eigenvalue weighted by atomic mass is 10.0. The van der Waals surface area contributed by atoms with Gasteiger partial charge in [0.2, 0.25) is 5.95 Å². The summed E-state index contributed by atoms with van der Waals surface area (Å²) in [6.07, 6.45) is 3.18. The Labute approximate surface area is 175 Å². The third-order valence-corrected chi connectivity index (χ3v) is 4.85. The third kappa shape index (κ3) is 5.70. The Bertz CT molecular complexity index is 1030. The number of aromatic nitrogens is 2. The molecule has 0 atom stereocenters. The highest BCUT2D eigenvalue weighted by Crippen LogP contribution is 2.15. The number of hydrogen-bond donors (Lipinski definition) is 3. The minimum absolute atomic E-state index is 0.102. The maximum absolute atomic E-state index is 12.4. The van der Waals surface area contributed by atoms with E-state index in [0.29, 0.717) is 29.9 Å². The Balaban J connectivity index is 1.58. The lowest BCUT2D eigenvalue weighted by Crippen LogP contribution is -2.20. The molecule has 0 aliphatic heterocycles. The van der Waals surface area contributed by atoms with Crippen molar-refractivity contribution in [2.24, 2.45) is 0 Å². The van der Waals surface area contributed by atoms with Gasteiger partial charge in [-0.15, -0.1) is 0 Å². The molecule has 0 fully saturated rings. The van der Waals surface area contributed by atoms with E-state index >= 15 is 0 Å².